The van der Waals surface area contributed by atoms with Crippen molar-refractivity contribution in [3.63, 3.8) is 0 Å². The summed E-state index contributed by atoms with van der Waals surface area (Å²) in [6.07, 6.45) is 3.98. The molecule has 2 aliphatic carbocycles. The van der Waals surface area contributed by atoms with Crippen LogP contribution in [0.15, 0.2) is 35.4 Å². The second-order valence-corrected chi connectivity index (χ2v) is 7.63. The quantitative estimate of drug-likeness (QED) is 0.777. The first-order chi connectivity index (χ1) is 12.7. The molecule has 5 nitrogen and oxygen atoms in total. The Hall–Kier alpha value is -1.82. The fourth-order valence-corrected chi connectivity index (χ4v) is 5.24. The number of benzene rings is 1. The summed E-state index contributed by atoms with van der Waals surface area (Å²) in [4.78, 5) is 28.8. The monoisotopic (exact) mass is 353 g/mol. The molecule has 2 fully saturated rings. The first-order valence-electron chi connectivity index (χ1n) is 9.60. The molecule has 5 rings (SSSR count). The van der Waals surface area contributed by atoms with Gasteiger partial charge in [-0.3, -0.25) is 14.5 Å². The molecule has 0 aromatic heterocycles. The Bertz CT molecular complexity index is 808. The van der Waals surface area contributed by atoms with E-state index in [1.807, 2.05) is 12.1 Å². The van der Waals surface area contributed by atoms with Crippen LogP contribution in [0.3, 0.4) is 0 Å². The zero-order chi connectivity index (χ0) is 17.7. The van der Waals surface area contributed by atoms with Gasteiger partial charge in [0.05, 0.1) is 19.8 Å². The van der Waals surface area contributed by atoms with Crippen molar-refractivity contribution in [1.82, 2.24) is 4.90 Å². The highest BCUT2D eigenvalue weighted by Gasteiger charge is 2.54. The lowest BCUT2D eigenvalue weighted by Crippen LogP contribution is -2.63. The van der Waals surface area contributed by atoms with Gasteiger partial charge in [-0.2, -0.15) is 0 Å². The molecule has 2 heterocycles. The molecular weight excluding hydrogens is 330 g/mol. The van der Waals surface area contributed by atoms with Crippen molar-refractivity contribution in [3.05, 3.63) is 46.5 Å². The number of nitrogens with zero attached hydrogens (tertiary/aromatic N) is 1. The fourth-order valence-electron chi connectivity index (χ4n) is 5.24. The molecule has 0 bridgehead atoms. The molecule has 4 aliphatic rings. The highest BCUT2D eigenvalue weighted by molar-refractivity contribution is 6.27. The summed E-state index contributed by atoms with van der Waals surface area (Å²) in [5.74, 6) is -0.0257. The summed E-state index contributed by atoms with van der Waals surface area (Å²) < 4.78 is 12.0. The number of hydrogen-bond donors (Lipinski definition) is 0. The van der Waals surface area contributed by atoms with Crippen molar-refractivity contribution in [2.45, 2.75) is 31.4 Å². The zero-order valence-corrected chi connectivity index (χ0v) is 14.8. The number of rotatable bonds is 1. The van der Waals surface area contributed by atoms with E-state index >= 15 is 0 Å². The van der Waals surface area contributed by atoms with Gasteiger partial charge in [0.1, 0.15) is 5.72 Å². The number of fused-ring (bicyclic) bond motifs is 3. The van der Waals surface area contributed by atoms with E-state index < -0.39 is 5.72 Å². The second kappa shape index (κ2) is 6.12. The van der Waals surface area contributed by atoms with Crippen LogP contribution in [0.5, 0.6) is 0 Å². The van der Waals surface area contributed by atoms with Crippen LogP contribution in [-0.2, 0) is 9.47 Å². The Balaban J connectivity index is 1.62. The highest BCUT2D eigenvalue weighted by Crippen LogP contribution is 2.49. The van der Waals surface area contributed by atoms with E-state index in [0.717, 1.165) is 44.3 Å². The van der Waals surface area contributed by atoms with Gasteiger partial charge < -0.3 is 9.47 Å². The summed E-state index contributed by atoms with van der Waals surface area (Å²) in [7, 11) is 0. The number of Topliss-reactive ketones (excluding diaryl/α,β-unsaturated/α-hetero) is 2. The smallest absolute Gasteiger partial charge is 0.192 e. The van der Waals surface area contributed by atoms with Gasteiger partial charge in [-0.15, -0.1) is 0 Å². The topological polar surface area (TPSA) is 55.8 Å². The van der Waals surface area contributed by atoms with E-state index in [9.17, 15) is 9.59 Å². The molecule has 1 saturated carbocycles. The third-order valence-corrected chi connectivity index (χ3v) is 6.44. The Morgan fingerprint density at radius 3 is 2.50 bits per heavy atom. The van der Waals surface area contributed by atoms with E-state index in [4.69, 9.17) is 9.47 Å². The van der Waals surface area contributed by atoms with E-state index in [-0.39, 0.29) is 24.1 Å². The molecule has 5 heteroatoms. The number of carbonyl (C=O) groups excluding carboxylic acids is 2. The molecule has 2 atom stereocenters. The van der Waals surface area contributed by atoms with Crippen molar-refractivity contribution in [2.75, 3.05) is 32.9 Å². The largest absolute Gasteiger partial charge is 0.379 e. The van der Waals surface area contributed by atoms with Crippen LogP contribution in [0.4, 0.5) is 0 Å². The lowest BCUT2D eigenvalue weighted by Gasteiger charge is -2.55. The Kier molecular flexibility index (Phi) is 3.85. The van der Waals surface area contributed by atoms with E-state index in [2.05, 4.69) is 4.90 Å². The molecule has 0 unspecified atom stereocenters. The lowest BCUT2D eigenvalue weighted by molar-refractivity contribution is -0.216. The van der Waals surface area contributed by atoms with Gasteiger partial charge in [-0.25, -0.2) is 0 Å². The van der Waals surface area contributed by atoms with Crippen molar-refractivity contribution >= 4 is 11.6 Å². The maximum absolute atomic E-state index is 13.4. The predicted molar refractivity (Wildman–Crippen MR) is 95.2 cm³/mol. The fraction of sp³-hybridized carbons (Fsp3) is 0.524. The maximum Gasteiger partial charge on any atom is 0.192 e. The van der Waals surface area contributed by atoms with Crippen molar-refractivity contribution in [1.29, 1.82) is 0 Å². The first-order valence-corrected chi connectivity index (χ1v) is 9.60. The molecule has 2 aliphatic heterocycles. The van der Waals surface area contributed by atoms with Crippen LogP contribution in [0.1, 0.15) is 46.4 Å². The van der Waals surface area contributed by atoms with E-state index in [1.54, 1.807) is 12.1 Å². The predicted octanol–water partition coefficient (Wildman–Crippen LogP) is 2.61. The molecule has 1 saturated heterocycles. The molecule has 0 N–H and O–H groups in total. The van der Waals surface area contributed by atoms with Gasteiger partial charge >= 0.3 is 0 Å². The number of carbonyl (C=O) groups is 2. The third kappa shape index (κ3) is 2.20. The van der Waals surface area contributed by atoms with E-state index in [0.29, 0.717) is 29.9 Å². The number of morpholine rings is 1. The molecule has 1 aromatic carbocycles. The van der Waals surface area contributed by atoms with Crippen molar-refractivity contribution < 1.29 is 19.1 Å². The Morgan fingerprint density at radius 2 is 1.73 bits per heavy atom. The van der Waals surface area contributed by atoms with Crippen molar-refractivity contribution in [3.8, 4) is 0 Å². The van der Waals surface area contributed by atoms with Gasteiger partial charge in [0.25, 0.3) is 0 Å². The first kappa shape index (κ1) is 16.4. The SMILES string of the molecule is O=C1C2=C(C(=O)c3ccccc31)[C@@H]1CCCC[C@]1(N1CCOCC1)OC2. The van der Waals surface area contributed by atoms with Crippen LogP contribution in [0.25, 0.3) is 0 Å². The lowest BCUT2D eigenvalue weighted by atomic mass is 9.68. The average Bonchev–Trinajstić information content (AvgIpc) is 2.72. The minimum atomic E-state index is -0.455. The number of ketones is 2. The van der Waals surface area contributed by atoms with Gasteiger partial charge in [0.15, 0.2) is 11.6 Å². The molecule has 0 radical (unpaired) electrons. The van der Waals surface area contributed by atoms with E-state index in [1.165, 1.54) is 0 Å². The van der Waals surface area contributed by atoms with Gasteiger partial charge in [-0.1, -0.05) is 30.7 Å². The minimum absolute atomic E-state index is 0.0251. The van der Waals surface area contributed by atoms with Gasteiger partial charge in [0, 0.05) is 41.3 Å². The Labute approximate surface area is 153 Å². The minimum Gasteiger partial charge on any atom is -0.379 e. The van der Waals surface area contributed by atoms with Gasteiger partial charge in [0.2, 0.25) is 0 Å². The normalized spacial score (nSPS) is 32.1. The summed E-state index contributed by atoms with van der Waals surface area (Å²) >= 11 is 0. The maximum atomic E-state index is 13.4. The third-order valence-electron chi connectivity index (χ3n) is 6.44. The Morgan fingerprint density at radius 1 is 1.00 bits per heavy atom. The summed E-state index contributed by atoms with van der Waals surface area (Å²) in [5, 5.41) is 0. The highest BCUT2D eigenvalue weighted by atomic mass is 16.5. The number of hydrogen-bond acceptors (Lipinski definition) is 5. The molecular formula is C21H23NO4. The van der Waals surface area contributed by atoms with Crippen LogP contribution in [0, 0.1) is 5.92 Å². The van der Waals surface area contributed by atoms with Crippen molar-refractivity contribution in [2.24, 2.45) is 5.92 Å². The zero-order valence-electron chi connectivity index (χ0n) is 14.8. The molecule has 0 spiro atoms. The van der Waals surface area contributed by atoms with Crippen LogP contribution >= 0.6 is 0 Å². The molecule has 0 amide bonds. The summed E-state index contributed by atoms with van der Waals surface area (Å²) in [6.45, 7) is 3.26. The molecule has 1 aromatic rings. The van der Waals surface area contributed by atoms with Gasteiger partial charge in [-0.05, 0) is 19.3 Å². The van der Waals surface area contributed by atoms with Crippen LogP contribution in [0.2, 0.25) is 0 Å². The average molecular weight is 353 g/mol. The summed E-state index contributed by atoms with van der Waals surface area (Å²) in [6, 6.07) is 7.20. The number of ether oxygens (including phenoxy) is 2. The second-order valence-electron chi connectivity index (χ2n) is 7.63. The molecule has 26 heavy (non-hydrogen) atoms. The molecule has 136 valence electrons. The van der Waals surface area contributed by atoms with Crippen LogP contribution in [-0.4, -0.2) is 55.1 Å². The standard InChI is InChI=1S/C21H23NO4/c23-19-14-5-1-2-6-15(14)20(24)18-16(19)13-26-21(8-4-3-7-17(18)21)22-9-11-25-12-10-22/h1-2,5-6,17H,3-4,7-13H2/t17-,21-/m0/s1. The summed E-state index contributed by atoms with van der Waals surface area (Å²) in [5.41, 5.74) is 1.94. The van der Waals surface area contributed by atoms with Crippen LogP contribution < -0.4 is 0 Å².